The Morgan fingerprint density at radius 3 is 2.27 bits per heavy atom. The van der Waals surface area contributed by atoms with Crippen LogP contribution in [0.1, 0.15) is 76.3 Å². The molecule has 0 aliphatic heterocycles. The second kappa shape index (κ2) is 11.0. The number of aryl methyl sites for hydroxylation is 1. The summed E-state index contributed by atoms with van der Waals surface area (Å²) in [7, 11) is 0. The number of hydrogen-bond acceptors (Lipinski definition) is 2. The normalized spacial score (nSPS) is 11.5. The van der Waals surface area contributed by atoms with E-state index < -0.39 is 0 Å². The number of rotatable bonds is 10. The quantitative estimate of drug-likeness (QED) is 0.370. The maximum absolute atomic E-state index is 11.8. The van der Waals surface area contributed by atoms with Gasteiger partial charge in [-0.1, -0.05) is 75.8 Å². The van der Waals surface area contributed by atoms with Crippen molar-refractivity contribution >= 4 is 11.6 Å². The third kappa shape index (κ3) is 7.39. The van der Waals surface area contributed by atoms with E-state index in [1.807, 2.05) is 0 Å². The maximum atomic E-state index is 11.8. The number of benzene rings is 1. The fourth-order valence-corrected chi connectivity index (χ4v) is 2.35. The molecule has 1 aromatic rings. The van der Waals surface area contributed by atoms with Gasteiger partial charge in [-0.2, -0.15) is 5.10 Å². The van der Waals surface area contributed by atoms with Gasteiger partial charge in [-0.25, -0.2) is 5.43 Å². The van der Waals surface area contributed by atoms with Crippen LogP contribution in [0.5, 0.6) is 0 Å². The van der Waals surface area contributed by atoms with Gasteiger partial charge in [0.1, 0.15) is 0 Å². The van der Waals surface area contributed by atoms with E-state index in [0.717, 1.165) is 30.5 Å². The van der Waals surface area contributed by atoms with Crippen LogP contribution < -0.4 is 5.43 Å². The number of hydrogen-bond donors (Lipinski definition) is 1. The third-order valence-corrected chi connectivity index (χ3v) is 3.79. The van der Waals surface area contributed by atoms with Crippen molar-refractivity contribution in [2.75, 3.05) is 0 Å². The minimum Gasteiger partial charge on any atom is -0.273 e. The number of nitrogens with zero attached hydrogens (tertiary/aromatic N) is 1. The molecule has 0 fully saturated rings. The molecule has 0 saturated carbocycles. The highest BCUT2D eigenvalue weighted by atomic mass is 16.2. The van der Waals surface area contributed by atoms with Crippen molar-refractivity contribution in [3.8, 4) is 0 Å². The topological polar surface area (TPSA) is 41.5 Å². The van der Waals surface area contributed by atoms with Crippen molar-refractivity contribution in [2.45, 2.75) is 72.1 Å². The first kappa shape index (κ1) is 18.4. The number of amides is 1. The zero-order valence-electron chi connectivity index (χ0n) is 14.3. The van der Waals surface area contributed by atoms with Gasteiger partial charge in [0.2, 0.25) is 5.91 Å². The predicted molar refractivity (Wildman–Crippen MR) is 94.1 cm³/mol. The molecule has 1 rings (SSSR count). The molecule has 0 aliphatic rings. The van der Waals surface area contributed by atoms with Gasteiger partial charge in [-0.15, -0.1) is 0 Å². The number of carbonyl (C=O) groups is 1. The van der Waals surface area contributed by atoms with Crippen LogP contribution in [0.2, 0.25) is 0 Å². The average molecular weight is 302 g/mol. The Labute approximate surface area is 135 Å². The lowest BCUT2D eigenvalue weighted by Crippen LogP contribution is -2.19. The molecule has 22 heavy (non-hydrogen) atoms. The summed E-state index contributed by atoms with van der Waals surface area (Å²) in [6.45, 7) is 6.33. The summed E-state index contributed by atoms with van der Waals surface area (Å²) < 4.78 is 0. The summed E-state index contributed by atoms with van der Waals surface area (Å²) in [6.07, 6.45) is 8.53. The monoisotopic (exact) mass is 302 g/mol. The van der Waals surface area contributed by atoms with Gasteiger partial charge < -0.3 is 0 Å². The van der Waals surface area contributed by atoms with Crippen molar-refractivity contribution in [1.29, 1.82) is 0 Å². The Morgan fingerprint density at radius 1 is 1.00 bits per heavy atom. The molecule has 1 aromatic carbocycles. The fourth-order valence-electron chi connectivity index (χ4n) is 2.35. The summed E-state index contributed by atoms with van der Waals surface area (Å²) in [4.78, 5) is 11.8. The highest BCUT2D eigenvalue weighted by Crippen LogP contribution is 2.08. The minimum atomic E-state index is 0.0218. The van der Waals surface area contributed by atoms with Crippen LogP contribution in [0.4, 0.5) is 0 Å². The van der Waals surface area contributed by atoms with Crippen LogP contribution in [-0.4, -0.2) is 11.6 Å². The van der Waals surface area contributed by atoms with E-state index in [1.165, 1.54) is 31.2 Å². The molecular weight excluding hydrogens is 272 g/mol. The van der Waals surface area contributed by atoms with Crippen molar-refractivity contribution in [1.82, 2.24) is 5.43 Å². The molecule has 0 heterocycles. The molecule has 0 unspecified atom stereocenters. The second-order valence-corrected chi connectivity index (χ2v) is 5.83. The number of unbranched alkanes of at least 4 members (excludes halogenated alkanes) is 5. The molecule has 1 amide bonds. The van der Waals surface area contributed by atoms with Crippen LogP contribution >= 0.6 is 0 Å². The van der Waals surface area contributed by atoms with E-state index >= 15 is 0 Å². The first-order chi connectivity index (χ1) is 10.7. The number of hydrazone groups is 1. The maximum Gasteiger partial charge on any atom is 0.240 e. The number of nitrogens with one attached hydrogen (secondary N) is 1. The first-order valence-corrected chi connectivity index (χ1v) is 8.59. The van der Waals surface area contributed by atoms with Crippen LogP contribution in [0, 0.1) is 6.92 Å². The van der Waals surface area contributed by atoms with Crippen molar-refractivity contribution < 1.29 is 4.79 Å². The van der Waals surface area contributed by atoms with Gasteiger partial charge in [-0.05, 0) is 25.3 Å². The number of carbonyl (C=O) groups excluding carboxylic acids is 1. The molecule has 0 radical (unpaired) electrons. The smallest absolute Gasteiger partial charge is 0.240 e. The zero-order valence-corrected chi connectivity index (χ0v) is 14.3. The van der Waals surface area contributed by atoms with Crippen LogP contribution in [0.15, 0.2) is 29.4 Å². The Hall–Kier alpha value is -1.64. The van der Waals surface area contributed by atoms with Gasteiger partial charge in [0, 0.05) is 6.42 Å². The van der Waals surface area contributed by atoms with E-state index in [4.69, 9.17) is 0 Å². The third-order valence-electron chi connectivity index (χ3n) is 3.79. The van der Waals surface area contributed by atoms with E-state index in [-0.39, 0.29) is 5.91 Å². The highest BCUT2D eigenvalue weighted by Gasteiger charge is 2.03. The average Bonchev–Trinajstić information content (AvgIpc) is 2.53. The van der Waals surface area contributed by atoms with Crippen LogP contribution in [-0.2, 0) is 4.79 Å². The molecule has 0 bridgehead atoms. The molecule has 0 spiro atoms. The van der Waals surface area contributed by atoms with Gasteiger partial charge in [-0.3, -0.25) is 4.79 Å². The fraction of sp³-hybridized carbons (Fsp3) is 0.579. The van der Waals surface area contributed by atoms with Crippen LogP contribution in [0.25, 0.3) is 0 Å². The van der Waals surface area contributed by atoms with E-state index in [9.17, 15) is 4.79 Å². The lowest BCUT2D eigenvalue weighted by Gasteiger charge is -2.06. The molecule has 0 saturated heterocycles. The summed E-state index contributed by atoms with van der Waals surface area (Å²) in [5.41, 5.74) is 5.93. The molecule has 0 atom stereocenters. The molecule has 1 N–H and O–H groups in total. The lowest BCUT2D eigenvalue weighted by atomic mass is 10.1. The summed E-state index contributed by atoms with van der Waals surface area (Å²) in [5.74, 6) is 0.0218. The second-order valence-electron chi connectivity index (χ2n) is 5.83. The Kier molecular flexibility index (Phi) is 9.20. The summed E-state index contributed by atoms with van der Waals surface area (Å²) in [5, 5.41) is 4.29. The molecule has 122 valence electrons. The van der Waals surface area contributed by atoms with Crippen LogP contribution in [0.3, 0.4) is 0 Å². The SMILES string of the molecule is CCCCCCCCC(=O)N/N=C(\CC)c1ccc(C)cc1. The molecular formula is C19H30N2O. The molecule has 0 aliphatic carbocycles. The first-order valence-electron chi connectivity index (χ1n) is 8.59. The molecule has 3 heteroatoms. The minimum absolute atomic E-state index is 0.0218. The van der Waals surface area contributed by atoms with Crippen molar-refractivity contribution in [2.24, 2.45) is 5.10 Å². The Bertz CT molecular complexity index is 463. The van der Waals surface area contributed by atoms with Gasteiger partial charge in [0.15, 0.2) is 0 Å². The van der Waals surface area contributed by atoms with Gasteiger partial charge in [0.25, 0.3) is 0 Å². The van der Waals surface area contributed by atoms with Crippen molar-refractivity contribution in [3.05, 3.63) is 35.4 Å². The Balaban J connectivity index is 2.34. The molecule has 0 aromatic heterocycles. The zero-order chi connectivity index (χ0) is 16.2. The Morgan fingerprint density at radius 2 is 1.64 bits per heavy atom. The predicted octanol–water partition coefficient (Wildman–Crippen LogP) is 4.98. The standard InChI is InChI=1S/C19H30N2O/c1-4-6-7-8-9-10-11-19(22)21-20-18(5-2)17-14-12-16(3)13-15-17/h12-15H,4-11H2,1-3H3,(H,21,22)/b20-18+. The summed E-state index contributed by atoms with van der Waals surface area (Å²) >= 11 is 0. The summed E-state index contributed by atoms with van der Waals surface area (Å²) in [6, 6.07) is 8.24. The largest absolute Gasteiger partial charge is 0.273 e. The lowest BCUT2D eigenvalue weighted by molar-refractivity contribution is -0.121. The highest BCUT2D eigenvalue weighted by molar-refractivity contribution is 6.00. The van der Waals surface area contributed by atoms with E-state index in [0.29, 0.717) is 6.42 Å². The van der Waals surface area contributed by atoms with E-state index in [1.54, 1.807) is 0 Å². The van der Waals surface area contributed by atoms with Gasteiger partial charge >= 0.3 is 0 Å². The molecule has 3 nitrogen and oxygen atoms in total. The van der Waals surface area contributed by atoms with Gasteiger partial charge in [0.05, 0.1) is 5.71 Å². The van der Waals surface area contributed by atoms with E-state index in [2.05, 4.69) is 55.6 Å². The van der Waals surface area contributed by atoms with Crippen molar-refractivity contribution in [3.63, 3.8) is 0 Å².